The number of fused-ring (bicyclic) bond motifs is 1. The minimum Gasteiger partial charge on any atom is -0.328 e. The second-order valence-electron chi connectivity index (χ2n) is 5.23. The Kier molecular flexibility index (Phi) is 3.33. The summed E-state index contributed by atoms with van der Waals surface area (Å²) in [5.41, 5.74) is 2.39. The molecule has 0 unspecified atom stereocenters. The average molecular weight is 243 g/mol. The van der Waals surface area contributed by atoms with Crippen LogP contribution in [0.5, 0.6) is 0 Å². The second kappa shape index (κ2) is 5.11. The summed E-state index contributed by atoms with van der Waals surface area (Å²) in [4.78, 5) is 4.60. The van der Waals surface area contributed by atoms with Crippen molar-refractivity contribution in [3.8, 4) is 0 Å². The summed E-state index contributed by atoms with van der Waals surface area (Å²) in [5.74, 6) is 1.13. The SMILES string of the molecule is Cc1nc2ccccc2n1CCCCNC1CC1. The van der Waals surface area contributed by atoms with Gasteiger partial charge < -0.3 is 9.88 Å². The van der Waals surface area contributed by atoms with Gasteiger partial charge in [-0.15, -0.1) is 0 Å². The van der Waals surface area contributed by atoms with Crippen LogP contribution in [0.3, 0.4) is 0 Å². The third-order valence-corrected chi connectivity index (χ3v) is 3.66. The molecule has 96 valence electrons. The molecular weight excluding hydrogens is 222 g/mol. The van der Waals surface area contributed by atoms with Gasteiger partial charge in [-0.3, -0.25) is 0 Å². The van der Waals surface area contributed by atoms with E-state index in [9.17, 15) is 0 Å². The van der Waals surface area contributed by atoms with E-state index in [0.717, 1.165) is 30.5 Å². The monoisotopic (exact) mass is 243 g/mol. The Morgan fingerprint density at radius 3 is 2.94 bits per heavy atom. The predicted octanol–water partition coefficient (Wildman–Crippen LogP) is 2.88. The Morgan fingerprint density at radius 2 is 2.11 bits per heavy atom. The van der Waals surface area contributed by atoms with Gasteiger partial charge in [0.1, 0.15) is 5.82 Å². The van der Waals surface area contributed by atoms with Crippen LogP contribution in [0.25, 0.3) is 11.0 Å². The van der Waals surface area contributed by atoms with Gasteiger partial charge in [-0.1, -0.05) is 12.1 Å². The molecule has 0 bridgehead atoms. The van der Waals surface area contributed by atoms with Crippen LogP contribution in [0.2, 0.25) is 0 Å². The summed E-state index contributed by atoms with van der Waals surface area (Å²) in [7, 11) is 0. The lowest BCUT2D eigenvalue weighted by Crippen LogP contribution is -2.17. The van der Waals surface area contributed by atoms with Crippen molar-refractivity contribution in [2.24, 2.45) is 0 Å². The second-order valence-corrected chi connectivity index (χ2v) is 5.23. The molecule has 0 saturated heterocycles. The number of hydrogen-bond acceptors (Lipinski definition) is 2. The fourth-order valence-electron chi connectivity index (χ4n) is 2.47. The number of imidazole rings is 1. The fourth-order valence-corrected chi connectivity index (χ4v) is 2.47. The van der Waals surface area contributed by atoms with Gasteiger partial charge in [-0.25, -0.2) is 4.98 Å². The lowest BCUT2D eigenvalue weighted by atomic mass is 10.3. The van der Waals surface area contributed by atoms with E-state index in [1.165, 1.54) is 31.2 Å². The van der Waals surface area contributed by atoms with E-state index in [1.54, 1.807) is 0 Å². The maximum atomic E-state index is 4.60. The first-order chi connectivity index (χ1) is 8.84. The van der Waals surface area contributed by atoms with E-state index in [1.807, 2.05) is 0 Å². The molecule has 3 rings (SSSR count). The van der Waals surface area contributed by atoms with Crippen molar-refractivity contribution in [1.29, 1.82) is 0 Å². The molecule has 18 heavy (non-hydrogen) atoms. The number of aryl methyl sites for hydroxylation is 2. The van der Waals surface area contributed by atoms with E-state index in [-0.39, 0.29) is 0 Å². The third-order valence-electron chi connectivity index (χ3n) is 3.66. The van der Waals surface area contributed by atoms with Crippen molar-refractivity contribution in [2.75, 3.05) is 6.54 Å². The summed E-state index contributed by atoms with van der Waals surface area (Å²) in [6.07, 6.45) is 5.24. The molecule has 3 nitrogen and oxygen atoms in total. The number of nitrogens with one attached hydrogen (secondary N) is 1. The molecule has 1 heterocycles. The molecule has 0 radical (unpaired) electrons. The molecule has 0 amide bonds. The Labute approximate surface area is 108 Å². The standard InChI is InChI=1S/C15H21N3/c1-12-17-14-6-2-3-7-15(14)18(12)11-5-4-10-16-13-8-9-13/h2-3,6-7,13,16H,4-5,8-11H2,1H3. The highest BCUT2D eigenvalue weighted by molar-refractivity contribution is 5.75. The van der Waals surface area contributed by atoms with Crippen LogP contribution >= 0.6 is 0 Å². The van der Waals surface area contributed by atoms with Crippen molar-refractivity contribution in [3.05, 3.63) is 30.1 Å². The molecule has 1 aromatic heterocycles. The first kappa shape index (κ1) is 11.7. The highest BCUT2D eigenvalue weighted by Crippen LogP contribution is 2.19. The molecule has 2 aromatic rings. The molecule has 1 fully saturated rings. The molecule has 0 spiro atoms. The molecule has 1 aliphatic carbocycles. The van der Waals surface area contributed by atoms with Crippen molar-refractivity contribution in [2.45, 2.75) is 45.2 Å². The number of para-hydroxylation sites is 2. The summed E-state index contributed by atoms with van der Waals surface area (Å²) in [6.45, 7) is 4.34. The number of benzene rings is 1. The van der Waals surface area contributed by atoms with E-state index in [4.69, 9.17) is 0 Å². The fraction of sp³-hybridized carbons (Fsp3) is 0.533. The minimum atomic E-state index is 0.834. The summed E-state index contributed by atoms with van der Waals surface area (Å²) >= 11 is 0. The number of unbranched alkanes of at least 4 members (excludes halogenated alkanes) is 1. The van der Waals surface area contributed by atoms with Crippen LogP contribution in [-0.4, -0.2) is 22.1 Å². The van der Waals surface area contributed by atoms with Crippen LogP contribution in [0.15, 0.2) is 24.3 Å². The van der Waals surface area contributed by atoms with Crippen LogP contribution in [-0.2, 0) is 6.54 Å². The van der Waals surface area contributed by atoms with Crippen LogP contribution in [0.4, 0.5) is 0 Å². The zero-order valence-corrected chi connectivity index (χ0v) is 11.0. The topological polar surface area (TPSA) is 29.9 Å². The van der Waals surface area contributed by atoms with Crippen molar-refractivity contribution < 1.29 is 0 Å². The number of nitrogens with zero attached hydrogens (tertiary/aromatic N) is 2. The molecule has 3 heteroatoms. The van der Waals surface area contributed by atoms with Crippen molar-refractivity contribution in [3.63, 3.8) is 0 Å². The lowest BCUT2D eigenvalue weighted by molar-refractivity contribution is 0.567. The Hall–Kier alpha value is -1.35. The summed E-state index contributed by atoms with van der Waals surface area (Å²) in [5, 5.41) is 3.56. The van der Waals surface area contributed by atoms with Gasteiger partial charge >= 0.3 is 0 Å². The molecule has 1 aliphatic rings. The lowest BCUT2D eigenvalue weighted by Gasteiger charge is -2.07. The highest BCUT2D eigenvalue weighted by Gasteiger charge is 2.19. The molecule has 0 aliphatic heterocycles. The van der Waals surface area contributed by atoms with Crippen LogP contribution < -0.4 is 5.32 Å². The quantitative estimate of drug-likeness (QED) is 0.791. The first-order valence-electron chi connectivity index (χ1n) is 7.00. The Balaban J connectivity index is 1.57. The third kappa shape index (κ3) is 2.56. The van der Waals surface area contributed by atoms with Crippen LogP contribution in [0, 0.1) is 6.92 Å². The maximum absolute atomic E-state index is 4.60. The van der Waals surface area contributed by atoms with E-state index < -0.39 is 0 Å². The minimum absolute atomic E-state index is 0.834. The number of aromatic nitrogens is 2. The smallest absolute Gasteiger partial charge is 0.106 e. The van der Waals surface area contributed by atoms with Gasteiger partial charge in [0.15, 0.2) is 0 Å². The summed E-state index contributed by atoms with van der Waals surface area (Å²) < 4.78 is 2.34. The Morgan fingerprint density at radius 1 is 1.28 bits per heavy atom. The van der Waals surface area contributed by atoms with Crippen molar-refractivity contribution in [1.82, 2.24) is 14.9 Å². The number of hydrogen-bond donors (Lipinski definition) is 1. The normalized spacial score (nSPS) is 15.4. The van der Waals surface area contributed by atoms with Gasteiger partial charge in [0, 0.05) is 12.6 Å². The zero-order valence-electron chi connectivity index (χ0n) is 11.0. The maximum Gasteiger partial charge on any atom is 0.106 e. The first-order valence-corrected chi connectivity index (χ1v) is 7.00. The summed E-state index contributed by atoms with van der Waals surface area (Å²) in [6, 6.07) is 9.24. The number of rotatable bonds is 6. The van der Waals surface area contributed by atoms with Gasteiger partial charge in [0.05, 0.1) is 11.0 Å². The van der Waals surface area contributed by atoms with E-state index >= 15 is 0 Å². The van der Waals surface area contributed by atoms with Gasteiger partial charge in [0.2, 0.25) is 0 Å². The molecular formula is C15H21N3. The van der Waals surface area contributed by atoms with Gasteiger partial charge in [0.25, 0.3) is 0 Å². The van der Waals surface area contributed by atoms with Crippen molar-refractivity contribution >= 4 is 11.0 Å². The van der Waals surface area contributed by atoms with Gasteiger partial charge in [-0.2, -0.15) is 0 Å². The molecule has 1 saturated carbocycles. The van der Waals surface area contributed by atoms with Crippen LogP contribution in [0.1, 0.15) is 31.5 Å². The molecule has 0 atom stereocenters. The Bertz CT molecular complexity index is 526. The molecule has 1 aromatic carbocycles. The van der Waals surface area contributed by atoms with Gasteiger partial charge in [-0.05, 0) is 51.3 Å². The van der Waals surface area contributed by atoms with E-state index in [0.29, 0.717) is 0 Å². The predicted molar refractivity (Wildman–Crippen MR) is 74.7 cm³/mol. The largest absolute Gasteiger partial charge is 0.328 e. The highest BCUT2D eigenvalue weighted by atomic mass is 15.1. The zero-order chi connectivity index (χ0) is 12.4. The van der Waals surface area contributed by atoms with E-state index in [2.05, 4.69) is 46.1 Å². The average Bonchev–Trinajstić information content (AvgIpc) is 3.13. The molecule has 1 N–H and O–H groups in total.